The first-order valence-corrected chi connectivity index (χ1v) is 8.39. The number of anilines is 1. The Morgan fingerprint density at radius 2 is 1.72 bits per heavy atom. The molecule has 0 unspecified atom stereocenters. The van der Waals surface area contributed by atoms with Gasteiger partial charge in [0.25, 0.3) is 0 Å². The summed E-state index contributed by atoms with van der Waals surface area (Å²) >= 11 is 3.42. The van der Waals surface area contributed by atoms with Gasteiger partial charge in [0.15, 0.2) is 0 Å². The molecule has 0 bridgehead atoms. The van der Waals surface area contributed by atoms with E-state index in [9.17, 15) is 0 Å². The van der Waals surface area contributed by atoms with Crippen LogP contribution in [0.4, 0.5) is 5.69 Å². The molecule has 1 aliphatic rings. The minimum absolute atomic E-state index is 1.07. The van der Waals surface area contributed by atoms with Gasteiger partial charge in [-0.1, -0.05) is 42.1 Å². The second-order valence-corrected chi connectivity index (χ2v) is 6.23. The van der Waals surface area contributed by atoms with Gasteiger partial charge in [-0.2, -0.15) is 0 Å². The van der Waals surface area contributed by atoms with Gasteiger partial charge in [-0.15, -0.1) is 0 Å². The summed E-state index contributed by atoms with van der Waals surface area (Å²) < 4.78 is 2.49. The number of nitrogens with two attached hydrogens (primary N) is 1. The van der Waals surface area contributed by atoms with Crippen LogP contribution in [-0.4, -0.2) is 42.0 Å². The van der Waals surface area contributed by atoms with Crippen LogP contribution in [0.15, 0.2) is 30.3 Å². The Kier molecular flexibility index (Phi) is 6.20. The first kappa shape index (κ1) is 14.1. The van der Waals surface area contributed by atoms with E-state index in [0.29, 0.717) is 0 Å². The number of hydrogen-bond acceptors (Lipinski definition) is 5. The highest BCUT2D eigenvalue weighted by molar-refractivity contribution is 7.97. The fourth-order valence-corrected chi connectivity index (χ4v) is 3.50. The lowest BCUT2D eigenvalue weighted by Crippen LogP contribution is -2.43. The van der Waals surface area contributed by atoms with E-state index in [-0.39, 0.29) is 0 Å². The van der Waals surface area contributed by atoms with Gasteiger partial charge in [0.2, 0.25) is 0 Å². The summed E-state index contributed by atoms with van der Waals surface area (Å²) in [5.74, 6) is 2.26. The third-order valence-corrected chi connectivity index (χ3v) is 4.77. The van der Waals surface area contributed by atoms with Gasteiger partial charge in [-0.3, -0.25) is 5.14 Å². The third kappa shape index (κ3) is 4.39. The fourth-order valence-electron chi connectivity index (χ4n) is 2.05. The minimum Gasteiger partial charge on any atom is -0.369 e. The van der Waals surface area contributed by atoms with Crippen LogP contribution in [0.1, 0.15) is 6.42 Å². The van der Waals surface area contributed by atoms with Crippen molar-refractivity contribution in [3.05, 3.63) is 30.3 Å². The molecule has 0 aliphatic carbocycles. The molecule has 2 rings (SSSR count). The van der Waals surface area contributed by atoms with Crippen LogP contribution >= 0.6 is 23.9 Å². The maximum atomic E-state index is 5.42. The molecule has 2 N–H and O–H groups in total. The van der Waals surface area contributed by atoms with Gasteiger partial charge in [0, 0.05) is 43.4 Å². The molecular formula is C13H21N3S2. The summed E-state index contributed by atoms with van der Waals surface area (Å²) in [5, 5.41) is 5.42. The Balaban J connectivity index is 1.68. The molecule has 0 amide bonds. The Labute approximate surface area is 118 Å². The molecule has 0 spiro atoms. The maximum Gasteiger partial charge on any atom is 0.0367 e. The number of para-hydroxylation sites is 1. The van der Waals surface area contributed by atoms with Crippen molar-refractivity contribution < 1.29 is 0 Å². The monoisotopic (exact) mass is 283 g/mol. The quantitative estimate of drug-likeness (QED) is 0.640. The zero-order valence-corrected chi connectivity index (χ0v) is 12.3. The predicted octanol–water partition coefficient (Wildman–Crippen LogP) is 2.45. The Morgan fingerprint density at radius 1 is 1.00 bits per heavy atom. The van der Waals surface area contributed by atoms with Gasteiger partial charge in [-0.05, 0) is 18.6 Å². The molecule has 1 heterocycles. The summed E-state index contributed by atoms with van der Waals surface area (Å²) in [6.45, 7) is 4.55. The van der Waals surface area contributed by atoms with Crippen molar-refractivity contribution in [3.8, 4) is 0 Å². The van der Waals surface area contributed by atoms with Gasteiger partial charge >= 0.3 is 0 Å². The summed E-state index contributed by atoms with van der Waals surface area (Å²) in [6.07, 6.45) is 1.20. The molecule has 1 aromatic carbocycles. The molecule has 0 atom stereocenters. The van der Waals surface area contributed by atoms with Gasteiger partial charge < -0.3 is 4.90 Å². The normalized spacial score (nSPS) is 17.1. The SMILES string of the molecule is NSCCCSN1CCN(c2ccccc2)CC1. The molecule has 0 saturated carbocycles. The smallest absolute Gasteiger partial charge is 0.0367 e. The van der Waals surface area contributed by atoms with Gasteiger partial charge in [0.05, 0.1) is 0 Å². The average molecular weight is 283 g/mol. The third-order valence-electron chi connectivity index (χ3n) is 3.04. The van der Waals surface area contributed by atoms with Crippen molar-refractivity contribution in [2.75, 3.05) is 42.6 Å². The highest BCUT2D eigenvalue weighted by atomic mass is 32.2. The van der Waals surface area contributed by atoms with Crippen LogP contribution in [0.2, 0.25) is 0 Å². The van der Waals surface area contributed by atoms with E-state index in [4.69, 9.17) is 5.14 Å². The molecule has 5 heteroatoms. The topological polar surface area (TPSA) is 32.5 Å². The molecule has 100 valence electrons. The van der Waals surface area contributed by atoms with E-state index in [1.807, 2.05) is 11.9 Å². The van der Waals surface area contributed by atoms with E-state index in [1.165, 1.54) is 29.8 Å². The minimum atomic E-state index is 1.07. The summed E-state index contributed by atoms with van der Waals surface area (Å²) in [6, 6.07) is 10.7. The lowest BCUT2D eigenvalue weighted by molar-refractivity contribution is 0.429. The highest BCUT2D eigenvalue weighted by Gasteiger charge is 2.16. The Bertz CT molecular complexity index is 326. The van der Waals surface area contributed by atoms with Crippen LogP contribution in [0.25, 0.3) is 0 Å². The predicted molar refractivity (Wildman–Crippen MR) is 83.9 cm³/mol. The van der Waals surface area contributed by atoms with Crippen molar-refractivity contribution in [1.82, 2.24) is 4.31 Å². The fraction of sp³-hybridized carbons (Fsp3) is 0.538. The highest BCUT2D eigenvalue weighted by Crippen LogP contribution is 2.19. The van der Waals surface area contributed by atoms with Crippen LogP contribution in [-0.2, 0) is 0 Å². The van der Waals surface area contributed by atoms with E-state index >= 15 is 0 Å². The maximum absolute atomic E-state index is 5.42. The molecule has 3 nitrogen and oxygen atoms in total. The van der Waals surface area contributed by atoms with E-state index in [1.54, 1.807) is 0 Å². The van der Waals surface area contributed by atoms with Gasteiger partial charge in [-0.25, -0.2) is 4.31 Å². The summed E-state index contributed by atoms with van der Waals surface area (Å²) in [4.78, 5) is 2.47. The average Bonchev–Trinajstić information content (AvgIpc) is 2.45. The molecular weight excluding hydrogens is 262 g/mol. The van der Waals surface area contributed by atoms with Crippen LogP contribution in [0.5, 0.6) is 0 Å². The molecule has 1 aliphatic heterocycles. The molecule has 1 saturated heterocycles. The van der Waals surface area contributed by atoms with E-state index in [2.05, 4.69) is 39.5 Å². The lowest BCUT2D eigenvalue weighted by Gasteiger charge is -2.35. The van der Waals surface area contributed by atoms with Crippen molar-refractivity contribution >= 4 is 29.6 Å². The van der Waals surface area contributed by atoms with Gasteiger partial charge in [0.1, 0.15) is 0 Å². The largest absolute Gasteiger partial charge is 0.369 e. The second-order valence-electron chi connectivity index (χ2n) is 4.31. The zero-order chi connectivity index (χ0) is 12.6. The van der Waals surface area contributed by atoms with Crippen molar-refractivity contribution in [2.24, 2.45) is 5.14 Å². The van der Waals surface area contributed by atoms with Crippen LogP contribution in [0, 0.1) is 0 Å². The number of hydrogen-bond donors (Lipinski definition) is 1. The Morgan fingerprint density at radius 3 is 2.39 bits per heavy atom. The van der Waals surface area contributed by atoms with Crippen molar-refractivity contribution in [2.45, 2.75) is 6.42 Å². The molecule has 1 aromatic rings. The standard InChI is InChI=1S/C13H21N3S2/c14-17-11-4-12-18-16-9-7-15(8-10-16)13-5-2-1-3-6-13/h1-3,5-6H,4,7-12,14H2. The number of nitrogens with zero attached hydrogens (tertiary/aromatic N) is 2. The number of piperazine rings is 1. The van der Waals surface area contributed by atoms with Crippen molar-refractivity contribution in [1.29, 1.82) is 0 Å². The summed E-state index contributed by atoms with van der Waals surface area (Å²) in [5.41, 5.74) is 1.35. The molecule has 1 fully saturated rings. The van der Waals surface area contributed by atoms with Crippen LogP contribution < -0.4 is 10.0 Å². The Hall–Kier alpha value is -0.360. The zero-order valence-electron chi connectivity index (χ0n) is 10.6. The van der Waals surface area contributed by atoms with Crippen molar-refractivity contribution in [3.63, 3.8) is 0 Å². The first-order chi connectivity index (χ1) is 8.90. The second kappa shape index (κ2) is 7.94. The lowest BCUT2D eigenvalue weighted by atomic mass is 10.2. The number of rotatable bonds is 6. The summed E-state index contributed by atoms with van der Waals surface area (Å²) in [7, 11) is 0. The van der Waals surface area contributed by atoms with E-state index < -0.39 is 0 Å². The van der Waals surface area contributed by atoms with E-state index in [0.717, 1.165) is 31.9 Å². The molecule has 18 heavy (non-hydrogen) atoms. The molecule has 0 aromatic heterocycles. The first-order valence-electron chi connectivity index (χ1n) is 6.39. The van der Waals surface area contributed by atoms with Crippen LogP contribution in [0.3, 0.4) is 0 Å². The molecule has 0 radical (unpaired) electrons. The number of benzene rings is 1.